The highest BCUT2D eigenvalue weighted by atomic mass is 15.2. The molecule has 0 unspecified atom stereocenters. The van der Waals surface area contributed by atoms with Crippen LogP contribution in [0.5, 0.6) is 0 Å². The Morgan fingerprint density at radius 1 is 1.05 bits per heavy atom. The summed E-state index contributed by atoms with van der Waals surface area (Å²) in [5.74, 6) is 0.771. The molecule has 5 nitrogen and oxygen atoms in total. The van der Waals surface area contributed by atoms with Gasteiger partial charge in [-0.25, -0.2) is 9.97 Å². The van der Waals surface area contributed by atoms with E-state index in [4.69, 9.17) is 0 Å². The monoisotopic (exact) mass is 261 g/mol. The van der Waals surface area contributed by atoms with E-state index in [1.807, 2.05) is 6.07 Å². The van der Waals surface area contributed by atoms with E-state index < -0.39 is 0 Å². The molecule has 2 fully saturated rings. The van der Waals surface area contributed by atoms with E-state index in [0.717, 1.165) is 25.1 Å². The van der Waals surface area contributed by atoms with Crippen LogP contribution in [0.25, 0.3) is 0 Å². The van der Waals surface area contributed by atoms with Gasteiger partial charge in [0.2, 0.25) is 5.95 Å². The van der Waals surface area contributed by atoms with Crippen LogP contribution in [0.2, 0.25) is 0 Å². The molecule has 104 valence electrons. The molecule has 0 spiro atoms. The van der Waals surface area contributed by atoms with Gasteiger partial charge in [0, 0.05) is 50.7 Å². The van der Waals surface area contributed by atoms with E-state index in [9.17, 15) is 0 Å². The third kappa shape index (κ3) is 3.42. The Hall–Kier alpha value is -1.20. The lowest BCUT2D eigenvalue weighted by molar-refractivity contribution is 0.135. The zero-order chi connectivity index (χ0) is 12.9. The minimum Gasteiger partial charge on any atom is -0.351 e. The molecule has 1 aliphatic carbocycles. The largest absolute Gasteiger partial charge is 0.351 e. The molecule has 1 aromatic rings. The highest BCUT2D eigenvalue weighted by Crippen LogP contribution is 2.24. The van der Waals surface area contributed by atoms with Crippen LogP contribution in [0.1, 0.15) is 25.7 Å². The summed E-state index contributed by atoms with van der Waals surface area (Å²) >= 11 is 0. The number of hydrogen-bond donors (Lipinski definition) is 2. The molecule has 0 aromatic carbocycles. The second kappa shape index (κ2) is 6.30. The lowest BCUT2D eigenvalue weighted by Crippen LogP contribution is -2.50. The minimum absolute atomic E-state index is 0.543. The molecule has 2 aliphatic rings. The normalized spacial score (nSPS) is 29.1. The lowest BCUT2D eigenvalue weighted by atomic mass is 9.90. The van der Waals surface area contributed by atoms with Gasteiger partial charge in [-0.15, -0.1) is 0 Å². The summed E-state index contributed by atoms with van der Waals surface area (Å²) in [6.45, 7) is 4.72. The Bertz CT molecular complexity index is 369. The molecule has 0 atom stereocenters. The first kappa shape index (κ1) is 12.8. The van der Waals surface area contributed by atoms with Gasteiger partial charge in [0.25, 0.3) is 0 Å². The number of aromatic nitrogens is 2. The Balaban J connectivity index is 1.46. The van der Waals surface area contributed by atoms with Gasteiger partial charge in [-0.2, -0.15) is 0 Å². The maximum atomic E-state index is 4.24. The first-order valence-electron chi connectivity index (χ1n) is 7.40. The summed E-state index contributed by atoms with van der Waals surface area (Å²) in [6, 6.07) is 3.19. The summed E-state index contributed by atoms with van der Waals surface area (Å²) < 4.78 is 0. The molecule has 0 amide bonds. The molecule has 0 radical (unpaired) electrons. The first-order valence-corrected chi connectivity index (χ1v) is 7.40. The van der Waals surface area contributed by atoms with Crippen molar-refractivity contribution in [3.63, 3.8) is 0 Å². The van der Waals surface area contributed by atoms with E-state index in [2.05, 4.69) is 25.5 Å². The third-order valence-corrected chi connectivity index (χ3v) is 4.26. The molecule has 3 rings (SSSR count). The van der Waals surface area contributed by atoms with E-state index >= 15 is 0 Å². The molecule has 2 heterocycles. The molecule has 1 aliphatic heterocycles. The molecule has 1 saturated carbocycles. The Kier molecular flexibility index (Phi) is 4.25. The van der Waals surface area contributed by atoms with Crippen molar-refractivity contribution in [2.24, 2.45) is 0 Å². The fraction of sp³-hybridized carbons (Fsp3) is 0.714. The molecule has 1 aromatic heterocycles. The summed E-state index contributed by atoms with van der Waals surface area (Å²) in [5.41, 5.74) is 0. The van der Waals surface area contributed by atoms with Crippen molar-refractivity contribution >= 4 is 5.95 Å². The Morgan fingerprint density at radius 2 is 1.74 bits per heavy atom. The van der Waals surface area contributed by atoms with Crippen LogP contribution in [0.15, 0.2) is 18.5 Å². The average molecular weight is 261 g/mol. The second-order valence-electron chi connectivity index (χ2n) is 5.51. The van der Waals surface area contributed by atoms with Crippen molar-refractivity contribution in [3.05, 3.63) is 18.5 Å². The third-order valence-electron chi connectivity index (χ3n) is 4.26. The van der Waals surface area contributed by atoms with Crippen LogP contribution >= 0.6 is 0 Å². The van der Waals surface area contributed by atoms with E-state index in [1.165, 1.54) is 38.8 Å². The molecule has 19 heavy (non-hydrogen) atoms. The summed E-state index contributed by atoms with van der Waals surface area (Å²) in [5, 5.41) is 6.88. The first-order chi connectivity index (χ1) is 9.42. The number of piperazine rings is 1. The smallest absolute Gasteiger partial charge is 0.222 e. The van der Waals surface area contributed by atoms with Gasteiger partial charge >= 0.3 is 0 Å². The Labute approximate surface area is 114 Å². The SMILES string of the molecule is c1cnc(NC2CCC(N3CCNCC3)CC2)nc1. The zero-order valence-electron chi connectivity index (χ0n) is 11.4. The number of hydrogen-bond acceptors (Lipinski definition) is 5. The topological polar surface area (TPSA) is 53.1 Å². The zero-order valence-corrected chi connectivity index (χ0v) is 11.4. The summed E-state index contributed by atoms with van der Waals surface area (Å²) in [7, 11) is 0. The molecule has 2 N–H and O–H groups in total. The van der Waals surface area contributed by atoms with Crippen LogP contribution < -0.4 is 10.6 Å². The minimum atomic E-state index is 0.543. The summed E-state index contributed by atoms with van der Waals surface area (Å²) in [4.78, 5) is 11.1. The number of rotatable bonds is 3. The van der Waals surface area contributed by atoms with E-state index in [0.29, 0.717) is 6.04 Å². The molecule has 0 bridgehead atoms. The quantitative estimate of drug-likeness (QED) is 0.853. The van der Waals surface area contributed by atoms with Crippen LogP contribution in [-0.4, -0.2) is 53.1 Å². The van der Waals surface area contributed by atoms with Crippen molar-refractivity contribution in [3.8, 4) is 0 Å². The number of nitrogens with one attached hydrogen (secondary N) is 2. The molecular weight excluding hydrogens is 238 g/mol. The van der Waals surface area contributed by atoms with Gasteiger partial charge in [-0.1, -0.05) is 0 Å². The van der Waals surface area contributed by atoms with Crippen LogP contribution in [0.3, 0.4) is 0 Å². The van der Waals surface area contributed by atoms with Crippen molar-refractivity contribution in [2.75, 3.05) is 31.5 Å². The van der Waals surface area contributed by atoms with Gasteiger partial charge in [0.05, 0.1) is 0 Å². The van der Waals surface area contributed by atoms with Crippen molar-refractivity contribution in [1.29, 1.82) is 0 Å². The highest BCUT2D eigenvalue weighted by molar-refractivity contribution is 5.24. The number of anilines is 1. The van der Waals surface area contributed by atoms with E-state index in [-0.39, 0.29) is 0 Å². The molecule has 5 heteroatoms. The van der Waals surface area contributed by atoms with Crippen molar-refractivity contribution in [2.45, 2.75) is 37.8 Å². The Morgan fingerprint density at radius 3 is 2.42 bits per heavy atom. The maximum absolute atomic E-state index is 4.24. The van der Waals surface area contributed by atoms with Gasteiger partial charge in [-0.05, 0) is 31.7 Å². The van der Waals surface area contributed by atoms with Crippen molar-refractivity contribution in [1.82, 2.24) is 20.2 Å². The fourth-order valence-electron chi connectivity index (χ4n) is 3.19. The highest BCUT2D eigenvalue weighted by Gasteiger charge is 2.26. The molecular formula is C14H23N5. The molecule has 1 saturated heterocycles. The summed E-state index contributed by atoms with van der Waals surface area (Å²) in [6.07, 6.45) is 8.64. The predicted octanol–water partition coefficient (Wildman–Crippen LogP) is 1.10. The standard InChI is InChI=1S/C14H23N5/c1-6-16-14(17-7-1)18-12-2-4-13(5-3-12)19-10-8-15-9-11-19/h1,6-7,12-13,15H,2-5,8-11H2,(H,16,17,18). The van der Waals surface area contributed by atoms with Crippen LogP contribution in [0, 0.1) is 0 Å². The van der Waals surface area contributed by atoms with Gasteiger partial charge in [-0.3, -0.25) is 4.90 Å². The van der Waals surface area contributed by atoms with Gasteiger partial charge < -0.3 is 10.6 Å². The number of nitrogens with zero attached hydrogens (tertiary/aromatic N) is 3. The van der Waals surface area contributed by atoms with Gasteiger partial charge in [0.1, 0.15) is 0 Å². The average Bonchev–Trinajstić information content (AvgIpc) is 2.50. The van der Waals surface area contributed by atoms with Crippen LogP contribution in [0.4, 0.5) is 5.95 Å². The predicted molar refractivity (Wildman–Crippen MR) is 76.1 cm³/mol. The maximum Gasteiger partial charge on any atom is 0.222 e. The van der Waals surface area contributed by atoms with Gasteiger partial charge in [0.15, 0.2) is 0 Å². The van der Waals surface area contributed by atoms with E-state index in [1.54, 1.807) is 12.4 Å². The fourth-order valence-corrected chi connectivity index (χ4v) is 3.19. The van der Waals surface area contributed by atoms with Crippen LogP contribution in [-0.2, 0) is 0 Å². The second-order valence-corrected chi connectivity index (χ2v) is 5.51. The van der Waals surface area contributed by atoms with Crippen molar-refractivity contribution < 1.29 is 0 Å². The lowest BCUT2D eigenvalue weighted by Gasteiger charge is -2.39.